The van der Waals surface area contributed by atoms with Gasteiger partial charge in [0.2, 0.25) is 6.10 Å². The number of halogens is 3. The average molecular weight is 355 g/mol. The number of carbonyl (C=O) groups excluding carboxylic acids is 2. The molecule has 0 aromatic carbocycles. The van der Waals surface area contributed by atoms with E-state index in [1.165, 1.54) is 17.8 Å². The highest BCUT2D eigenvalue weighted by molar-refractivity contribution is 5.92. The Balaban J connectivity index is 1.81. The molecule has 0 N–H and O–H groups in total. The van der Waals surface area contributed by atoms with Gasteiger partial charge < -0.3 is 9.47 Å². The number of nitrogens with zero attached hydrogens (tertiary/aromatic N) is 3. The van der Waals surface area contributed by atoms with E-state index >= 15 is 0 Å². The fourth-order valence-corrected chi connectivity index (χ4v) is 2.30. The van der Waals surface area contributed by atoms with Gasteiger partial charge in [0.25, 0.3) is 0 Å². The van der Waals surface area contributed by atoms with Crippen molar-refractivity contribution >= 4 is 11.9 Å². The molecule has 25 heavy (non-hydrogen) atoms. The van der Waals surface area contributed by atoms with E-state index in [4.69, 9.17) is 9.47 Å². The van der Waals surface area contributed by atoms with Crippen molar-refractivity contribution in [3.05, 3.63) is 41.3 Å². The van der Waals surface area contributed by atoms with E-state index in [0.717, 1.165) is 12.1 Å². The van der Waals surface area contributed by atoms with Crippen molar-refractivity contribution < 1.29 is 32.2 Å². The molecule has 1 aliphatic rings. The molecule has 1 atom stereocenters. The summed E-state index contributed by atoms with van der Waals surface area (Å²) in [7, 11) is 0. The molecule has 7 nitrogen and oxygen atoms in total. The molecule has 0 saturated carbocycles. The molecule has 1 saturated heterocycles. The van der Waals surface area contributed by atoms with Crippen LogP contribution in [0.4, 0.5) is 13.2 Å². The van der Waals surface area contributed by atoms with Crippen molar-refractivity contribution in [2.24, 2.45) is 0 Å². The normalized spacial score (nSPS) is 17.4. The molecule has 1 unspecified atom stereocenters. The largest absolute Gasteiger partial charge is 0.463 e. The number of carbonyl (C=O) groups is 2. The van der Waals surface area contributed by atoms with Gasteiger partial charge in [-0.25, -0.2) is 19.3 Å². The second kappa shape index (κ2) is 6.19. The number of pyridine rings is 1. The summed E-state index contributed by atoms with van der Waals surface area (Å²) in [6.45, 7) is 1.72. The van der Waals surface area contributed by atoms with Crippen molar-refractivity contribution in [1.29, 1.82) is 0 Å². The zero-order valence-electron chi connectivity index (χ0n) is 12.9. The lowest BCUT2D eigenvalue weighted by Crippen LogP contribution is -2.23. The molecular formula is C15H12F3N3O4. The second-order valence-electron chi connectivity index (χ2n) is 5.31. The van der Waals surface area contributed by atoms with Crippen LogP contribution in [0.5, 0.6) is 0 Å². The van der Waals surface area contributed by atoms with Gasteiger partial charge in [0, 0.05) is 12.6 Å². The molecule has 0 bridgehead atoms. The van der Waals surface area contributed by atoms with E-state index in [2.05, 4.69) is 10.1 Å². The van der Waals surface area contributed by atoms with E-state index in [9.17, 15) is 22.8 Å². The first-order valence-electron chi connectivity index (χ1n) is 7.23. The van der Waals surface area contributed by atoms with Crippen molar-refractivity contribution in [2.45, 2.75) is 25.6 Å². The zero-order valence-corrected chi connectivity index (χ0v) is 12.9. The highest BCUT2D eigenvalue weighted by Gasteiger charge is 2.32. The molecule has 1 aliphatic heterocycles. The number of alkyl halides is 3. The number of hydrogen-bond acceptors (Lipinski definition) is 6. The summed E-state index contributed by atoms with van der Waals surface area (Å²) >= 11 is 0. The number of ether oxygens (including phenoxy) is 2. The van der Waals surface area contributed by atoms with Crippen LogP contribution < -0.4 is 0 Å². The van der Waals surface area contributed by atoms with Crippen LogP contribution >= 0.6 is 0 Å². The number of aromatic nitrogens is 3. The van der Waals surface area contributed by atoms with E-state index in [-0.39, 0.29) is 24.4 Å². The molecule has 2 aromatic rings. The number of esters is 2. The van der Waals surface area contributed by atoms with Crippen LogP contribution in [0.1, 0.15) is 28.0 Å². The van der Waals surface area contributed by atoms with Gasteiger partial charge in [-0.1, -0.05) is 0 Å². The molecule has 3 heterocycles. The van der Waals surface area contributed by atoms with E-state index in [1.54, 1.807) is 0 Å². The monoisotopic (exact) mass is 355 g/mol. The Hall–Kier alpha value is -2.91. The van der Waals surface area contributed by atoms with Crippen LogP contribution in [0.2, 0.25) is 0 Å². The second-order valence-corrected chi connectivity index (χ2v) is 5.31. The highest BCUT2D eigenvalue weighted by Crippen LogP contribution is 2.29. The minimum Gasteiger partial charge on any atom is -0.463 e. The van der Waals surface area contributed by atoms with E-state index in [0.29, 0.717) is 11.9 Å². The van der Waals surface area contributed by atoms with Gasteiger partial charge in [0.15, 0.2) is 5.82 Å². The minimum absolute atomic E-state index is 0.0846. The summed E-state index contributed by atoms with van der Waals surface area (Å²) in [6, 6.07) is 2.02. The maximum absolute atomic E-state index is 12.6. The molecule has 0 spiro atoms. The summed E-state index contributed by atoms with van der Waals surface area (Å²) in [4.78, 5) is 27.2. The van der Waals surface area contributed by atoms with Gasteiger partial charge in [-0.3, -0.25) is 0 Å². The van der Waals surface area contributed by atoms with Crippen LogP contribution in [0.25, 0.3) is 5.82 Å². The van der Waals surface area contributed by atoms with Crippen molar-refractivity contribution in [3.63, 3.8) is 0 Å². The molecule has 0 radical (unpaired) electrons. The maximum Gasteiger partial charge on any atom is 0.417 e. The number of cyclic esters (lactones) is 1. The lowest BCUT2D eigenvalue weighted by atomic mass is 10.2. The SMILES string of the molecule is Cc1c(C(=O)OC2CCOC2=O)cnn1-c1ccc(C(F)(F)F)cn1. The lowest BCUT2D eigenvalue weighted by Gasteiger charge is -2.09. The average Bonchev–Trinajstić information content (AvgIpc) is 3.13. The quantitative estimate of drug-likeness (QED) is 0.784. The Kier molecular flexibility index (Phi) is 4.19. The van der Waals surface area contributed by atoms with Crippen LogP contribution in [0, 0.1) is 6.92 Å². The Bertz CT molecular complexity index is 814. The molecule has 1 fully saturated rings. The van der Waals surface area contributed by atoms with Crippen molar-refractivity contribution in [2.75, 3.05) is 6.61 Å². The third-order valence-corrected chi connectivity index (χ3v) is 3.66. The maximum atomic E-state index is 12.6. The van der Waals surface area contributed by atoms with E-state index < -0.39 is 29.8 Å². The summed E-state index contributed by atoms with van der Waals surface area (Å²) in [5, 5.41) is 3.95. The van der Waals surface area contributed by atoms with Crippen LogP contribution in [-0.2, 0) is 20.4 Å². The Morgan fingerprint density at radius 1 is 1.36 bits per heavy atom. The van der Waals surface area contributed by atoms with Gasteiger partial charge in [0.1, 0.15) is 5.56 Å². The molecular weight excluding hydrogens is 343 g/mol. The topological polar surface area (TPSA) is 83.3 Å². The first kappa shape index (κ1) is 16.9. The van der Waals surface area contributed by atoms with Gasteiger partial charge in [-0.2, -0.15) is 18.3 Å². The number of hydrogen-bond donors (Lipinski definition) is 0. The summed E-state index contributed by atoms with van der Waals surface area (Å²) in [6.07, 6.45) is -3.28. The smallest absolute Gasteiger partial charge is 0.417 e. The summed E-state index contributed by atoms with van der Waals surface area (Å²) < 4.78 is 48.7. The first-order chi connectivity index (χ1) is 11.8. The predicted octanol–water partition coefficient (Wildman–Crippen LogP) is 2.07. The van der Waals surface area contributed by atoms with Gasteiger partial charge in [0.05, 0.1) is 24.1 Å². The molecule has 0 amide bonds. The van der Waals surface area contributed by atoms with Crippen molar-refractivity contribution in [1.82, 2.24) is 14.8 Å². The van der Waals surface area contributed by atoms with Crippen LogP contribution in [0.3, 0.4) is 0 Å². The van der Waals surface area contributed by atoms with Crippen LogP contribution in [-0.4, -0.2) is 39.4 Å². The lowest BCUT2D eigenvalue weighted by molar-refractivity contribution is -0.145. The standard InChI is InChI=1S/C15H12F3N3O4/c1-8-10(13(22)25-11-4-5-24-14(11)23)7-20-21(8)12-3-2-9(6-19-12)15(16,17)18/h2-3,6-7,11H,4-5H2,1H3. The molecule has 0 aliphatic carbocycles. The highest BCUT2D eigenvalue weighted by atomic mass is 19.4. The summed E-state index contributed by atoms with van der Waals surface area (Å²) in [5.74, 6) is -1.26. The Labute approximate surface area is 139 Å². The Morgan fingerprint density at radius 3 is 2.68 bits per heavy atom. The van der Waals surface area contributed by atoms with Crippen molar-refractivity contribution in [3.8, 4) is 5.82 Å². The molecule has 3 rings (SSSR count). The third-order valence-electron chi connectivity index (χ3n) is 3.66. The Morgan fingerprint density at radius 2 is 2.12 bits per heavy atom. The summed E-state index contributed by atoms with van der Waals surface area (Å²) in [5.41, 5.74) is -0.481. The van der Waals surface area contributed by atoms with E-state index in [1.807, 2.05) is 0 Å². The first-order valence-corrected chi connectivity index (χ1v) is 7.23. The van der Waals surface area contributed by atoms with Gasteiger partial charge >= 0.3 is 18.1 Å². The predicted molar refractivity (Wildman–Crippen MR) is 75.9 cm³/mol. The molecule has 2 aromatic heterocycles. The van der Waals surface area contributed by atoms with Crippen LogP contribution in [0.15, 0.2) is 24.5 Å². The van der Waals surface area contributed by atoms with Gasteiger partial charge in [-0.15, -0.1) is 0 Å². The minimum atomic E-state index is -4.49. The third kappa shape index (κ3) is 3.32. The number of rotatable bonds is 3. The zero-order chi connectivity index (χ0) is 18.2. The molecule has 132 valence electrons. The fraction of sp³-hybridized carbons (Fsp3) is 0.333. The fourth-order valence-electron chi connectivity index (χ4n) is 2.30. The van der Waals surface area contributed by atoms with Gasteiger partial charge in [-0.05, 0) is 19.1 Å². The molecule has 10 heteroatoms.